The summed E-state index contributed by atoms with van der Waals surface area (Å²) in [5, 5.41) is 28.5. The van der Waals surface area contributed by atoms with Crippen molar-refractivity contribution in [2.24, 2.45) is 0 Å². The molecule has 0 radical (unpaired) electrons. The third-order valence-corrected chi connectivity index (χ3v) is 7.64. The number of hydrogen-bond acceptors (Lipinski definition) is 10. The molecule has 44 heavy (non-hydrogen) atoms. The van der Waals surface area contributed by atoms with Gasteiger partial charge in [0.25, 0.3) is 0 Å². The minimum absolute atomic E-state index is 0.0724. The number of carbonyl (C=O) groups excluding carboxylic acids is 2. The summed E-state index contributed by atoms with van der Waals surface area (Å²) in [7, 11) is 0. The lowest BCUT2D eigenvalue weighted by atomic mass is 9.81. The molecule has 0 fully saturated rings. The number of aromatic carboxylic acids is 1. The Morgan fingerprint density at radius 1 is 1.23 bits per heavy atom. The van der Waals surface area contributed by atoms with Gasteiger partial charge in [0.05, 0.1) is 24.8 Å². The molecule has 0 saturated heterocycles. The number of nitrogens with one attached hydrogen (secondary N) is 3. The van der Waals surface area contributed by atoms with Gasteiger partial charge < -0.3 is 30.5 Å². The molecule has 1 aliphatic heterocycles. The minimum Gasteiger partial charge on any atom is -0.488 e. The zero-order chi connectivity index (χ0) is 31.3. The standard InChI is InChI=1S/C29H30FN7O6S/c1-17(38)32-15-19-16-37(36-35-19)8-9-42-24-11-18-5-6-33-29(2,14-26(39)34-28-31-7-10-44-28)22(18)13-25(24)43-20-3-4-21(27(40)41)23(30)12-20/h3-4,7,10-13,16,33H,5-6,8-9,14-15H2,1-2H3,(H,32,38)(H,40,41)(H,31,34,39)/t29-/m1/s1. The number of hydrogen-bond donors (Lipinski definition) is 4. The Bertz CT molecular complexity index is 1680. The van der Waals surface area contributed by atoms with Gasteiger partial charge >= 0.3 is 5.97 Å². The Morgan fingerprint density at radius 2 is 2.07 bits per heavy atom. The van der Waals surface area contributed by atoms with E-state index in [-0.39, 0.29) is 42.9 Å². The molecular weight excluding hydrogens is 593 g/mol. The first-order chi connectivity index (χ1) is 21.1. The molecule has 0 spiro atoms. The van der Waals surface area contributed by atoms with Crippen molar-refractivity contribution in [2.75, 3.05) is 18.5 Å². The number of anilines is 1. The lowest BCUT2D eigenvalue weighted by Gasteiger charge is -2.37. The van der Waals surface area contributed by atoms with Crippen LogP contribution < -0.4 is 25.4 Å². The van der Waals surface area contributed by atoms with Gasteiger partial charge in [-0.15, -0.1) is 16.4 Å². The topological polar surface area (TPSA) is 170 Å². The van der Waals surface area contributed by atoms with Gasteiger partial charge in [-0.1, -0.05) is 5.21 Å². The maximum absolute atomic E-state index is 14.5. The normalized spacial score (nSPS) is 15.7. The second-order valence-electron chi connectivity index (χ2n) is 10.3. The highest BCUT2D eigenvalue weighted by Gasteiger charge is 2.35. The van der Waals surface area contributed by atoms with Gasteiger partial charge in [0, 0.05) is 43.1 Å². The Balaban J connectivity index is 1.40. The average Bonchev–Trinajstić information content (AvgIpc) is 3.64. The Hall–Kier alpha value is -4.89. The lowest BCUT2D eigenvalue weighted by molar-refractivity contribution is -0.119. The number of benzene rings is 2. The van der Waals surface area contributed by atoms with Crippen LogP contribution in [0, 0.1) is 5.82 Å². The second-order valence-corrected chi connectivity index (χ2v) is 11.2. The van der Waals surface area contributed by atoms with E-state index < -0.39 is 22.9 Å². The van der Waals surface area contributed by atoms with Crippen LogP contribution in [0.3, 0.4) is 0 Å². The van der Waals surface area contributed by atoms with E-state index in [1.807, 2.05) is 13.0 Å². The highest BCUT2D eigenvalue weighted by atomic mass is 32.1. The number of aromatic nitrogens is 4. The molecule has 13 nitrogen and oxygen atoms in total. The van der Waals surface area contributed by atoms with Crippen LogP contribution in [0.4, 0.5) is 9.52 Å². The molecule has 5 rings (SSSR count). The average molecular weight is 624 g/mol. The monoisotopic (exact) mass is 623 g/mol. The number of rotatable bonds is 12. The van der Waals surface area contributed by atoms with E-state index in [4.69, 9.17) is 9.47 Å². The molecule has 2 aromatic carbocycles. The van der Waals surface area contributed by atoms with Crippen LogP contribution in [0.5, 0.6) is 17.2 Å². The van der Waals surface area contributed by atoms with E-state index in [0.29, 0.717) is 36.1 Å². The molecule has 15 heteroatoms. The molecule has 0 bridgehead atoms. The fourth-order valence-corrected chi connectivity index (χ4v) is 5.41. The molecule has 230 valence electrons. The molecule has 3 heterocycles. The third-order valence-electron chi connectivity index (χ3n) is 6.95. The summed E-state index contributed by atoms with van der Waals surface area (Å²) in [5.74, 6) is -2.02. The highest BCUT2D eigenvalue weighted by Crippen LogP contribution is 2.41. The van der Waals surface area contributed by atoms with Gasteiger partial charge in [0.2, 0.25) is 11.8 Å². The van der Waals surface area contributed by atoms with Crippen LogP contribution in [0.1, 0.15) is 47.4 Å². The molecule has 1 atom stereocenters. The molecule has 0 aliphatic carbocycles. The Labute approximate surface area is 255 Å². The first-order valence-electron chi connectivity index (χ1n) is 13.7. The first-order valence-corrected chi connectivity index (χ1v) is 14.6. The summed E-state index contributed by atoms with van der Waals surface area (Å²) >= 11 is 1.32. The van der Waals surface area contributed by atoms with Gasteiger partial charge in [-0.05, 0) is 48.7 Å². The van der Waals surface area contributed by atoms with E-state index in [0.717, 1.165) is 23.3 Å². The Kier molecular flexibility index (Phi) is 9.15. The van der Waals surface area contributed by atoms with Gasteiger partial charge in [0.1, 0.15) is 23.9 Å². The molecule has 0 saturated carbocycles. The van der Waals surface area contributed by atoms with Crippen LogP contribution in [0.15, 0.2) is 48.1 Å². The van der Waals surface area contributed by atoms with Crippen LogP contribution in [-0.2, 0) is 34.6 Å². The number of thiazole rings is 1. The number of fused-ring (bicyclic) bond motifs is 1. The summed E-state index contributed by atoms with van der Waals surface area (Å²) in [6, 6.07) is 7.09. The van der Waals surface area contributed by atoms with Gasteiger partial charge in [-0.2, -0.15) is 0 Å². The maximum Gasteiger partial charge on any atom is 0.338 e. The molecule has 2 aromatic heterocycles. The molecule has 1 aliphatic rings. The zero-order valence-electron chi connectivity index (χ0n) is 23.9. The molecule has 4 aromatic rings. The van der Waals surface area contributed by atoms with Crippen LogP contribution in [0.2, 0.25) is 0 Å². The summed E-state index contributed by atoms with van der Waals surface area (Å²) in [6.45, 7) is 4.72. The molecular formula is C29H30FN7O6S. The van der Waals surface area contributed by atoms with Crippen LogP contribution >= 0.6 is 11.3 Å². The van der Waals surface area contributed by atoms with E-state index in [9.17, 15) is 23.9 Å². The van der Waals surface area contributed by atoms with Gasteiger partial charge in [0.15, 0.2) is 16.6 Å². The predicted molar refractivity (Wildman–Crippen MR) is 157 cm³/mol. The van der Waals surface area contributed by atoms with Gasteiger partial charge in [-0.3, -0.25) is 9.59 Å². The summed E-state index contributed by atoms with van der Waals surface area (Å²) in [5.41, 5.74) is 1.10. The molecule has 4 N–H and O–H groups in total. The van der Waals surface area contributed by atoms with Gasteiger partial charge in [-0.25, -0.2) is 18.9 Å². The zero-order valence-corrected chi connectivity index (χ0v) is 24.7. The van der Waals surface area contributed by atoms with E-state index in [1.54, 1.807) is 28.5 Å². The smallest absolute Gasteiger partial charge is 0.338 e. The van der Waals surface area contributed by atoms with Crippen molar-refractivity contribution in [3.05, 3.63) is 76.3 Å². The van der Waals surface area contributed by atoms with Crippen molar-refractivity contribution in [1.82, 2.24) is 30.6 Å². The van der Waals surface area contributed by atoms with E-state index >= 15 is 0 Å². The van der Waals surface area contributed by atoms with E-state index in [2.05, 4.69) is 31.2 Å². The largest absolute Gasteiger partial charge is 0.488 e. The number of nitrogens with zero attached hydrogens (tertiary/aromatic N) is 4. The van der Waals surface area contributed by atoms with Crippen molar-refractivity contribution in [1.29, 1.82) is 0 Å². The number of halogens is 1. The van der Waals surface area contributed by atoms with Crippen molar-refractivity contribution < 1.29 is 33.4 Å². The number of amides is 2. The van der Waals surface area contributed by atoms with Crippen molar-refractivity contribution >= 4 is 34.3 Å². The summed E-state index contributed by atoms with van der Waals surface area (Å²) < 4.78 is 28.3. The summed E-state index contributed by atoms with van der Waals surface area (Å²) in [4.78, 5) is 39.5. The third kappa shape index (κ3) is 7.36. The minimum atomic E-state index is -1.39. The summed E-state index contributed by atoms with van der Waals surface area (Å²) in [6.07, 6.45) is 4.08. The van der Waals surface area contributed by atoms with Crippen molar-refractivity contribution in [3.63, 3.8) is 0 Å². The fourth-order valence-electron chi connectivity index (χ4n) is 4.86. The van der Waals surface area contributed by atoms with Crippen molar-refractivity contribution in [2.45, 2.75) is 45.3 Å². The maximum atomic E-state index is 14.5. The Morgan fingerprint density at radius 3 is 2.80 bits per heavy atom. The fraction of sp³-hybridized carbons (Fsp3) is 0.310. The highest BCUT2D eigenvalue weighted by molar-refractivity contribution is 7.13. The lowest BCUT2D eigenvalue weighted by Crippen LogP contribution is -2.47. The van der Waals surface area contributed by atoms with Crippen LogP contribution in [0.25, 0.3) is 0 Å². The second kappa shape index (κ2) is 13.2. The number of carboxylic acids is 1. The number of ether oxygens (including phenoxy) is 2. The molecule has 2 amide bonds. The SMILES string of the molecule is CC(=O)NCc1cn(CCOc2cc3c(cc2Oc2ccc(C(=O)O)c(F)c2)[C@@](C)(CC(=O)Nc2nccs2)NCC3)nn1. The van der Waals surface area contributed by atoms with E-state index in [1.165, 1.54) is 24.3 Å². The number of carbonyl (C=O) groups is 3. The molecule has 0 unspecified atom stereocenters. The number of carboxylic acid groups (broad SMARTS) is 1. The van der Waals surface area contributed by atoms with Crippen molar-refractivity contribution in [3.8, 4) is 17.2 Å². The first kappa shape index (κ1) is 30.6. The van der Waals surface area contributed by atoms with Crippen LogP contribution in [-0.4, -0.2) is 56.0 Å². The quantitative estimate of drug-likeness (QED) is 0.183. The predicted octanol–water partition coefficient (Wildman–Crippen LogP) is 3.47.